The molecule has 71 heavy (non-hydrogen) atoms. The van der Waals surface area contributed by atoms with Gasteiger partial charge in [-0.3, -0.25) is 4.98 Å². The second-order valence-electron chi connectivity index (χ2n) is 19.1. The van der Waals surface area contributed by atoms with Crippen molar-refractivity contribution in [1.29, 1.82) is 0 Å². The summed E-state index contributed by atoms with van der Waals surface area (Å²) in [5, 5.41) is 15.7. The molecule has 0 fully saturated rings. The van der Waals surface area contributed by atoms with Gasteiger partial charge in [0.15, 0.2) is 8.07 Å². The number of benzene rings is 11. The third-order valence-electron chi connectivity index (χ3n) is 15.4. The largest absolute Gasteiger partial charge is 0.309 e. The molecule has 0 bridgehead atoms. The number of para-hydroxylation sites is 2. The van der Waals surface area contributed by atoms with Gasteiger partial charge in [-0.1, -0.05) is 176 Å². The average molecular weight is 918 g/mol. The molecule has 4 heterocycles. The molecule has 0 saturated carbocycles. The molecule has 3 nitrogen and oxygen atoms in total. The Labute approximate surface area is 411 Å². The molecule has 0 saturated heterocycles. The maximum Gasteiger partial charge on any atom is 0.180 e. The number of rotatable bonds is 6. The fourth-order valence-corrected chi connectivity index (χ4v) is 17.6. The minimum absolute atomic E-state index is 1.11. The van der Waals surface area contributed by atoms with E-state index in [1.54, 1.807) is 0 Å². The molecule has 0 N–H and O–H groups in total. The molecule has 1 aliphatic rings. The highest BCUT2D eigenvalue weighted by molar-refractivity contribution is 7.22. The van der Waals surface area contributed by atoms with Crippen molar-refractivity contribution >= 4 is 94.0 Å². The maximum atomic E-state index is 4.40. The molecule has 0 unspecified atom stereocenters. The number of nitrogens with zero attached hydrogens (tertiary/aromatic N) is 3. The maximum absolute atomic E-state index is 4.40. The molecule has 14 aromatic rings. The SMILES string of the molecule is c1ccc([Si]2(c3ccccc3)c3ccccc3-c3ccc(-c4ccc5c(c4)c4ccccc4n5-c4ccc5cc6c(ccc7c6c6ccccc6n7-c6cccc(-c7cccnc7)c6)cc5c4)cc32)cc1. The van der Waals surface area contributed by atoms with Crippen LogP contribution in [0.3, 0.4) is 0 Å². The summed E-state index contributed by atoms with van der Waals surface area (Å²) in [5.41, 5.74) is 14.5. The van der Waals surface area contributed by atoms with Crippen LogP contribution in [0.25, 0.3) is 110 Å². The molecule has 0 amide bonds. The van der Waals surface area contributed by atoms with Crippen LogP contribution in [0.1, 0.15) is 0 Å². The first-order valence-electron chi connectivity index (χ1n) is 24.5. The Kier molecular flexibility index (Phi) is 8.68. The van der Waals surface area contributed by atoms with Crippen molar-refractivity contribution in [3.05, 3.63) is 261 Å². The summed E-state index contributed by atoms with van der Waals surface area (Å²) in [5.74, 6) is 0. The van der Waals surface area contributed by atoms with Crippen molar-refractivity contribution in [2.45, 2.75) is 0 Å². The lowest BCUT2D eigenvalue weighted by atomic mass is 9.99. The third-order valence-corrected chi connectivity index (χ3v) is 20.3. The molecular formula is C67H43N3Si. The molecule has 0 atom stereocenters. The molecular weight excluding hydrogens is 875 g/mol. The first-order valence-corrected chi connectivity index (χ1v) is 26.5. The molecule has 4 heteroatoms. The lowest BCUT2D eigenvalue weighted by molar-refractivity contribution is 1.18. The van der Waals surface area contributed by atoms with E-state index in [1.807, 2.05) is 18.5 Å². The van der Waals surface area contributed by atoms with E-state index in [0.29, 0.717) is 0 Å². The highest BCUT2D eigenvalue weighted by Crippen LogP contribution is 2.41. The number of pyridine rings is 1. The first kappa shape index (κ1) is 39.9. The Bertz CT molecular complexity index is 4420. The van der Waals surface area contributed by atoms with E-state index >= 15 is 0 Å². The monoisotopic (exact) mass is 917 g/mol. The summed E-state index contributed by atoms with van der Waals surface area (Å²) >= 11 is 0. The van der Waals surface area contributed by atoms with E-state index in [1.165, 1.54) is 108 Å². The van der Waals surface area contributed by atoms with Gasteiger partial charge in [0, 0.05) is 50.9 Å². The van der Waals surface area contributed by atoms with Crippen LogP contribution in [0, 0.1) is 0 Å². The second kappa shape index (κ2) is 15.5. The zero-order chi connectivity index (χ0) is 46.6. The van der Waals surface area contributed by atoms with Crippen molar-refractivity contribution in [3.63, 3.8) is 0 Å². The van der Waals surface area contributed by atoms with Crippen molar-refractivity contribution < 1.29 is 0 Å². The fraction of sp³-hybridized carbons (Fsp3) is 0. The van der Waals surface area contributed by atoms with Gasteiger partial charge in [0.1, 0.15) is 0 Å². The van der Waals surface area contributed by atoms with Gasteiger partial charge in [-0.2, -0.15) is 0 Å². The van der Waals surface area contributed by atoms with Crippen molar-refractivity contribution in [2.75, 3.05) is 0 Å². The zero-order valence-electron chi connectivity index (χ0n) is 38.7. The topological polar surface area (TPSA) is 22.8 Å². The van der Waals surface area contributed by atoms with Crippen LogP contribution in [0.2, 0.25) is 0 Å². The van der Waals surface area contributed by atoms with Gasteiger partial charge >= 0.3 is 0 Å². The van der Waals surface area contributed by atoms with Crippen LogP contribution in [-0.4, -0.2) is 22.2 Å². The molecule has 0 spiro atoms. The average Bonchev–Trinajstić information content (AvgIpc) is 4.07. The number of fused-ring (bicyclic) bond motifs is 12. The van der Waals surface area contributed by atoms with Gasteiger partial charge in [0.05, 0.1) is 22.1 Å². The molecule has 0 radical (unpaired) electrons. The molecule has 15 rings (SSSR count). The van der Waals surface area contributed by atoms with E-state index in [2.05, 4.69) is 257 Å². The highest BCUT2D eigenvalue weighted by atomic mass is 28.3. The van der Waals surface area contributed by atoms with Crippen LogP contribution in [0.5, 0.6) is 0 Å². The predicted molar refractivity (Wildman–Crippen MR) is 301 cm³/mol. The van der Waals surface area contributed by atoms with Crippen LogP contribution < -0.4 is 20.7 Å². The minimum Gasteiger partial charge on any atom is -0.309 e. The van der Waals surface area contributed by atoms with Gasteiger partial charge in [0.2, 0.25) is 0 Å². The summed E-state index contributed by atoms with van der Waals surface area (Å²) in [7, 11) is -2.63. The normalized spacial score (nSPS) is 12.9. The second-order valence-corrected chi connectivity index (χ2v) is 22.8. The Hall–Kier alpha value is -9.09. The summed E-state index contributed by atoms with van der Waals surface area (Å²) in [6.45, 7) is 0. The van der Waals surface area contributed by atoms with E-state index in [4.69, 9.17) is 0 Å². The summed E-state index contributed by atoms with van der Waals surface area (Å²) in [4.78, 5) is 4.40. The Morgan fingerprint density at radius 3 is 1.75 bits per heavy atom. The third kappa shape index (κ3) is 5.86. The van der Waals surface area contributed by atoms with Gasteiger partial charge in [-0.15, -0.1) is 0 Å². The number of hydrogen-bond donors (Lipinski definition) is 0. The quantitative estimate of drug-likeness (QED) is 0.120. The van der Waals surface area contributed by atoms with E-state index in [-0.39, 0.29) is 0 Å². The Morgan fingerprint density at radius 2 is 0.930 bits per heavy atom. The summed E-state index contributed by atoms with van der Waals surface area (Å²) in [6.07, 6.45) is 3.76. The van der Waals surface area contributed by atoms with E-state index in [0.717, 1.165) is 22.5 Å². The van der Waals surface area contributed by atoms with Crippen LogP contribution in [-0.2, 0) is 0 Å². The molecule has 330 valence electrons. The lowest BCUT2D eigenvalue weighted by Gasteiger charge is -2.31. The lowest BCUT2D eigenvalue weighted by Crippen LogP contribution is -2.72. The molecule has 1 aliphatic heterocycles. The molecule has 0 aliphatic carbocycles. The number of hydrogen-bond acceptors (Lipinski definition) is 1. The standard InChI is InChI=1S/C67H43N3Si/c1-3-18-53(19-4-1)71(54-20-5-2-6-21-54)65-27-12-9-23-56(65)57-33-29-47(42-66(57)71)45-30-34-63-60(41-45)55-22-7-10-25-61(55)69(63)52-32-28-46-40-59-48(37-50(46)39-52)31-35-64-67(59)58-24-8-11-26-62(58)70(64)51-17-13-15-44(38-51)49-16-14-36-68-43-49/h1-43H. The van der Waals surface area contributed by atoms with Crippen molar-refractivity contribution in [2.24, 2.45) is 0 Å². The highest BCUT2D eigenvalue weighted by Gasteiger charge is 2.48. The van der Waals surface area contributed by atoms with Crippen LogP contribution >= 0.6 is 0 Å². The fourth-order valence-electron chi connectivity index (χ4n) is 12.4. The minimum atomic E-state index is -2.63. The van der Waals surface area contributed by atoms with Gasteiger partial charge < -0.3 is 9.13 Å². The van der Waals surface area contributed by atoms with Gasteiger partial charge in [0.25, 0.3) is 0 Å². The summed E-state index contributed by atoms with van der Waals surface area (Å²) in [6, 6.07) is 93.1. The van der Waals surface area contributed by atoms with Crippen molar-refractivity contribution in [1.82, 2.24) is 14.1 Å². The van der Waals surface area contributed by atoms with Gasteiger partial charge in [-0.05, 0) is 143 Å². The molecule has 11 aromatic carbocycles. The molecule has 3 aromatic heterocycles. The van der Waals surface area contributed by atoms with E-state index < -0.39 is 8.07 Å². The Morgan fingerprint density at radius 1 is 0.310 bits per heavy atom. The number of aromatic nitrogens is 3. The van der Waals surface area contributed by atoms with E-state index in [9.17, 15) is 0 Å². The van der Waals surface area contributed by atoms with Crippen LogP contribution in [0.4, 0.5) is 0 Å². The summed E-state index contributed by atoms with van der Waals surface area (Å²) < 4.78 is 4.87. The van der Waals surface area contributed by atoms with Gasteiger partial charge in [-0.25, -0.2) is 0 Å². The van der Waals surface area contributed by atoms with Crippen molar-refractivity contribution in [3.8, 4) is 44.8 Å². The zero-order valence-corrected chi connectivity index (χ0v) is 39.7. The predicted octanol–water partition coefficient (Wildman–Crippen LogP) is 14.3. The Balaban J connectivity index is 0.863. The smallest absolute Gasteiger partial charge is 0.180 e. The first-order chi connectivity index (χ1) is 35.2. The van der Waals surface area contributed by atoms with Crippen LogP contribution in [0.15, 0.2) is 261 Å².